The number of aliphatic hydroxyl groups is 1. The van der Waals surface area contributed by atoms with E-state index in [1.54, 1.807) is 22.6 Å². The molecule has 1 N–H and O–H groups in total. The van der Waals surface area contributed by atoms with Gasteiger partial charge in [0, 0.05) is 35.9 Å². The minimum Gasteiger partial charge on any atom is -0.396 e. The normalized spacial score (nSPS) is 19.0. The van der Waals surface area contributed by atoms with Crippen molar-refractivity contribution in [3.05, 3.63) is 17.3 Å². The highest BCUT2D eigenvalue weighted by Crippen LogP contribution is 2.30. The van der Waals surface area contributed by atoms with Crippen LogP contribution >= 0.6 is 23.1 Å². The molecule has 2 aromatic heterocycles. The van der Waals surface area contributed by atoms with E-state index < -0.39 is 0 Å². The maximum atomic E-state index is 12.5. The molecule has 1 fully saturated rings. The number of aromatic nitrogens is 2. The molecule has 0 unspecified atom stereocenters. The monoisotopic (exact) mass is 353 g/mol. The van der Waals surface area contributed by atoms with Gasteiger partial charge in [0.25, 0.3) is 0 Å². The number of fused-ring (bicyclic) bond motifs is 1. The summed E-state index contributed by atoms with van der Waals surface area (Å²) < 4.78 is 5.42. The van der Waals surface area contributed by atoms with Crippen molar-refractivity contribution >= 4 is 39.2 Å². The Labute approximate surface area is 142 Å². The Morgan fingerprint density at radius 1 is 1.57 bits per heavy atom. The van der Waals surface area contributed by atoms with Crippen LogP contribution in [-0.4, -0.2) is 64.5 Å². The van der Waals surface area contributed by atoms with Gasteiger partial charge in [-0.3, -0.25) is 4.79 Å². The second kappa shape index (κ2) is 7.57. The standard InChI is InChI=1S/C15H19N3O3S2/c1-10-4-12-14(16-9-17-15(12)23-10)22-8-13(20)18-2-3-21-7-11(5-18)6-19/h4,9,11,19H,2-3,5-8H2,1H3/t11-/m1/s1. The first-order valence-electron chi connectivity index (χ1n) is 7.47. The number of nitrogens with zero attached hydrogens (tertiary/aromatic N) is 3. The summed E-state index contributed by atoms with van der Waals surface area (Å²) in [7, 11) is 0. The Morgan fingerprint density at radius 2 is 2.43 bits per heavy atom. The number of rotatable bonds is 4. The zero-order valence-corrected chi connectivity index (χ0v) is 14.5. The molecule has 23 heavy (non-hydrogen) atoms. The van der Waals surface area contributed by atoms with Gasteiger partial charge in [0.05, 0.1) is 19.0 Å². The van der Waals surface area contributed by atoms with E-state index in [1.165, 1.54) is 16.6 Å². The topological polar surface area (TPSA) is 75.6 Å². The number of thiophene rings is 1. The van der Waals surface area contributed by atoms with Crippen LogP contribution in [0.15, 0.2) is 17.4 Å². The molecular weight excluding hydrogens is 334 g/mol. The SMILES string of the molecule is Cc1cc2c(SCC(=O)N3CCOC[C@@H](CO)C3)ncnc2s1. The van der Waals surface area contributed by atoms with Gasteiger partial charge in [-0.2, -0.15) is 0 Å². The predicted octanol–water partition coefficient (Wildman–Crippen LogP) is 1.56. The van der Waals surface area contributed by atoms with Crippen molar-refractivity contribution in [3.8, 4) is 0 Å². The average Bonchev–Trinajstić information content (AvgIpc) is 2.79. The molecule has 1 atom stereocenters. The molecule has 1 aliphatic rings. The molecule has 0 saturated carbocycles. The van der Waals surface area contributed by atoms with Crippen molar-refractivity contribution < 1.29 is 14.6 Å². The summed E-state index contributed by atoms with van der Waals surface area (Å²) in [5.41, 5.74) is 0. The molecule has 0 aromatic carbocycles. The number of hydrogen-bond acceptors (Lipinski definition) is 7. The van der Waals surface area contributed by atoms with E-state index in [1.807, 2.05) is 6.92 Å². The van der Waals surface area contributed by atoms with Crippen LogP contribution < -0.4 is 0 Å². The summed E-state index contributed by atoms with van der Waals surface area (Å²) in [6.07, 6.45) is 1.55. The number of carbonyl (C=O) groups excluding carboxylic acids is 1. The molecule has 3 heterocycles. The van der Waals surface area contributed by atoms with Crippen LogP contribution in [0.2, 0.25) is 0 Å². The highest BCUT2D eigenvalue weighted by Gasteiger charge is 2.22. The van der Waals surface area contributed by atoms with Gasteiger partial charge in [-0.1, -0.05) is 11.8 Å². The molecule has 0 spiro atoms. The van der Waals surface area contributed by atoms with E-state index in [4.69, 9.17) is 4.74 Å². The molecule has 0 radical (unpaired) electrons. The van der Waals surface area contributed by atoms with Gasteiger partial charge >= 0.3 is 0 Å². The van der Waals surface area contributed by atoms with E-state index >= 15 is 0 Å². The van der Waals surface area contributed by atoms with Crippen LogP contribution in [0.5, 0.6) is 0 Å². The minimum atomic E-state index is -0.00303. The van der Waals surface area contributed by atoms with E-state index in [9.17, 15) is 9.90 Å². The Hall–Kier alpha value is -1.22. The summed E-state index contributed by atoms with van der Waals surface area (Å²) in [5, 5.41) is 11.2. The maximum absolute atomic E-state index is 12.5. The molecule has 0 aliphatic carbocycles. The fourth-order valence-electron chi connectivity index (χ4n) is 2.51. The van der Waals surface area contributed by atoms with E-state index in [2.05, 4.69) is 16.0 Å². The van der Waals surface area contributed by atoms with Gasteiger partial charge in [0.1, 0.15) is 16.2 Å². The first kappa shape index (κ1) is 16.6. The van der Waals surface area contributed by atoms with Crippen molar-refractivity contribution in [2.45, 2.75) is 11.9 Å². The third-order valence-electron chi connectivity index (χ3n) is 3.70. The first-order valence-corrected chi connectivity index (χ1v) is 9.28. The average molecular weight is 353 g/mol. The fourth-order valence-corrected chi connectivity index (χ4v) is 4.30. The lowest BCUT2D eigenvalue weighted by Gasteiger charge is -2.22. The van der Waals surface area contributed by atoms with Gasteiger partial charge in [0.15, 0.2) is 0 Å². The molecule has 1 amide bonds. The Morgan fingerprint density at radius 3 is 3.26 bits per heavy atom. The quantitative estimate of drug-likeness (QED) is 0.664. The molecule has 2 aromatic rings. The van der Waals surface area contributed by atoms with Crippen molar-refractivity contribution in [3.63, 3.8) is 0 Å². The summed E-state index contributed by atoms with van der Waals surface area (Å²) in [5.74, 6) is 0.383. The Balaban J connectivity index is 1.65. The zero-order chi connectivity index (χ0) is 16.2. The van der Waals surface area contributed by atoms with E-state index in [0.717, 1.165) is 15.2 Å². The molecule has 3 rings (SSSR count). The molecule has 124 valence electrons. The molecule has 0 bridgehead atoms. The van der Waals surface area contributed by atoms with Crippen molar-refractivity contribution in [2.75, 3.05) is 38.7 Å². The van der Waals surface area contributed by atoms with Crippen LogP contribution in [0.3, 0.4) is 0 Å². The smallest absolute Gasteiger partial charge is 0.233 e. The predicted molar refractivity (Wildman–Crippen MR) is 90.9 cm³/mol. The highest BCUT2D eigenvalue weighted by atomic mass is 32.2. The van der Waals surface area contributed by atoms with E-state index in [-0.39, 0.29) is 18.4 Å². The van der Waals surface area contributed by atoms with Crippen LogP contribution in [0.25, 0.3) is 10.2 Å². The largest absolute Gasteiger partial charge is 0.396 e. The Bertz CT molecular complexity index is 692. The second-order valence-electron chi connectivity index (χ2n) is 5.51. The number of amides is 1. The number of thioether (sulfide) groups is 1. The third kappa shape index (κ3) is 4.00. The lowest BCUT2D eigenvalue weighted by Crippen LogP contribution is -2.37. The second-order valence-corrected chi connectivity index (χ2v) is 7.71. The summed E-state index contributed by atoms with van der Waals surface area (Å²) in [6, 6.07) is 2.06. The summed E-state index contributed by atoms with van der Waals surface area (Å²) in [6.45, 7) is 4.23. The number of carbonyl (C=O) groups is 1. The van der Waals surface area contributed by atoms with Gasteiger partial charge < -0.3 is 14.7 Å². The molecule has 8 heteroatoms. The van der Waals surface area contributed by atoms with Gasteiger partial charge in [-0.25, -0.2) is 9.97 Å². The number of hydrogen-bond donors (Lipinski definition) is 1. The number of ether oxygens (including phenoxy) is 1. The van der Waals surface area contributed by atoms with Crippen LogP contribution in [0.4, 0.5) is 0 Å². The highest BCUT2D eigenvalue weighted by molar-refractivity contribution is 8.00. The van der Waals surface area contributed by atoms with Crippen molar-refractivity contribution in [2.24, 2.45) is 5.92 Å². The van der Waals surface area contributed by atoms with Gasteiger partial charge in [-0.15, -0.1) is 11.3 Å². The fraction of sp³-hybridized carbons (Fsp3) is 0.533. The zero-order valence-electron chi connectivity index (χ0n) is 12.9. The lowest BCUT2D eigenvalue weighted by molar-refractivity contribution is -0.128. The minimum absolute atomic E-state index is 0.00303. The third-order valence-corrected chi connectivity index (χ3v) is 5.65. The van der Waals surface area contributed by atoms with Crippen molar-refractivity contribution in [1.82, 2.24) is 14.9 Å². The molecule has 1 saturated heterocycles. The molecule has 6 nitrogen and oxygen atoms in total. The van der Waals surface area contributed by atoms with Crippen LogP contribution in [0.1, 0.15) is 4.88 Å². The van der Waals surface area contributed by atoms with Crippen LogP contribution in [-0.2, 0) is 9.53 Å². The lowest BCUT2D eigenvalue weighted by atomic mass is 10.1. The Kier molecular flexibility index (Phi) is 5.47. The molecule has 1 aliphatic heterocycles. The van der Waals surface area contributed by atoms with Gasteiger partial charge in [0.2, 0.25) is 5.91 Å². The number of aryl methyl sites for hydroxylation is 1. The maximum Gasteiger partial charge on any atom is 0.233 e. The van der Waals surface area contributed by atoms with Gasteiger partial charge in [-0.05, 0) is 13.0 Å². The summed E-state index contributed by atoms with van der Waals surface area (Å²) >= 11 is 3.07. The van der Waals surface area contributed by atoms with E-state index in [0.29, 0.717) is 32.1 Å². The van der Waals surface area contributed by atoms with Crippen molar-refractivity contribution in [1.29, 1.82) is 0 Å². The number of aliphatic hydroxyl groups excluding tert-OH is 1. The van der Waals surface area contributed by atoms with Crippen LogP contribution in [0, 0.1) is 12.8 Å². The first-order chi connectivity index (χ1) is 11.2. The molecular formula is C15H19N3O3S2. The summed E-state index contributed by atoms with van der Waals surface area (Å²) in [4.78, 5) is 24.9.